The van der Waals surface area contributed by atoms with E-state index >= 15 is 0 Å². The molecule has 0 radical (unpaired) electrons. The lowest BCUT2D eigenvalue weighted by Gasteiger charge is -2.18. The van der Waals surface area contributed by atoms with Crippen LogP contribution in [-0.4, -0.2) is 29.1 Å². The van der Waals surface area contributed by atoms with Gasteiger partial charge in [-0.1, -0.05) is 6.07 Å². The van der Waals surface area contributed by atoms with Gasteiger partial charge in [0.15, 0.2) is 5.92 Å². The molecule has 0 saturated heterocycles. The summed E-state index contributed by atoms with van der Waals surface area (Å²) >= 11 is 0. The van der Waals surface area contributed by atoms with Crippen LogP contribution in [0, 0.1) is 12.8 Å². The van der Waals surface area contributed by atoms with Crippen LogP contribution in [0.1, 0.15) is 39.0 Å². The summed E-state index contributed by atoms with van der Waals surface area (Å²) < 4.78 is 10.3. The number of aryl methyl sites for hydroxylation is 1. The Kier molecular flexibility index (Phi) is 6.34. The molecular formula is C16H23NO4. The average molecular weight is 293 g/mol. The molecule has 0 atom stereocenters. The first-order valence-electron chi connectivity index (χ1n) is 7.12. The van der Waals surface area contributed by atoms with Gasteiger partial charge in [0.05, 0.1) is 12.2 Å². The van der Waals surface area contributed by atoms with Crippen LogP contribution in [0.3, 0.4) is 0 Å². The molecule has 116 valence electrons. The van der Waals surface area contributed by atoms with Crippen LogP contribution in [0.25, 0.3) is 0 Å². The molecule has 0 aliphatic heterocycles. The summed E-state index contributed by atoms with van der Waals surface area (Å²) in [5.41, 5.74) is 1.63. The molecule has 0 aromatic carbocycles. The predicted octanol–water partition coefficient (Wildman–Crippen LogP) is 2.45. The van der Waals surface area contributed by atoms with E-state index in [9.17, 15) is 9.59 Å². The SMILES string of the molecule is Cc1cccnc1CC(C(=O)OC(C)C)C(=O)OC(C)C. The van der Waals surface area contributed by atoms with Crippen LogP contribution in [-0.2, 0) is 25.5 Å². The summed E-state index contributed by atoms with van der Waals surface area (Å²) in [7, 11) is 0. The third kappa shape index (κ3) is 5.53. The fraction of sp³-hybridized carbons (Fsp3) is 0.562. The molecule has 21 heavy (non-hydrogen) atoms. The van der Waals surface area contributed by atoms with Gasteiger partial charge in [0, 0.05) is 18.3 Å². The van der Waals surface area contributed by atoms with Crippen molar-refractivity contribution in [2.75, 3.05) is 0 Å². The van der Waals surface area contributed by atoms with Crippen molar-refractivity contribution in [2.24, 2.45) is 5.92 Å². The van der Waals surface area contributed by atoms with Crippen molar-refractivity contribution >= 4 is 11.9 Å². The maximum absolute atomic E-state index is 12.1. The number of hydrogen-bond donors (Lipinski definition) is 0. The maximum atomic E-state index is 12.1. The van der Waals surface area contributed by atoms with E-state index in [2.05, 4.69) is 4.98 Å². The summed E-state index contributed by atoms with van der Waals surface area (Å²) in [6, 6.07) is 3.70. The predicted molar refractivity (Wildman–Crippen MR) is 78.6 cm³/mol. The number of esters is 2. The van der Waals surface area contributed by atoms with Crippen LogP contribution >= 0.6 is 0 Å². The first kappa shape index (κ1) is 17.1. The standard InChI is InChI=1S/C16H23NO4/c1-10(2)20-15(18)13(16(19)21-11(3)4)9-14-12(5)7-6-8-17-14/h6-8,10-11,13H,9H2,1-5H3. The van der Waals surface area contributed by atoms with Gasteiger partial charge in [0.2, 0.25) is 0 Å². The first-order chi connectivity index (χ1) is 9.81. The molecule has 1 heterocycles. The van der Waals surface area contributed by atoms with E-state index in [1.165, 1.54) is 0 Å². The second-order valence-electron chi connectivity index (χ2n) is 5.49. The number of carbonyl (C=O) groups excluding carboxylic acids is 2. The number of carbonyl (C=O) groups is 2. The van der Waals surface area contributed by atoms with Crippen molar-refractivity contribution in [2.45, 2.75) is 53.2 Å². The van der Waals surface area contributed by atoms with Gasteiger partial charge >= 0.3 is 11.9 Å². The molecule has 5 nitrogen and oxygen atoms in total. The van der Waals surface area contributed by atoms with Crippen molar-refractivity contribution < 1.29 is 19.1 Å². The zero-order valence-corrected chi connectivity index (χ0v) is 13.3. The number of nitrogens with zero attached hydrogens (tertiary/aromatic N) is 1. The van der Waals surface area contributed by atoms with E-state index < -0.39 is 17.9 Å². The largest absolute Gasteiger partial charge is 0.462 e. The smallest absolute Gasteiger partial charge is 0.320 e. The Morgan fingerprint density at radius 2 is 1.62 bits per heavy atom. The Labute approximate surface area is 125 Å². The second-order valence-corrected chi connectivity index (χ2v) is 5.49. The minimum atomic E-state index is -0.983. The minimum Gasteiger partial charge on any atom is -0.462 e. The number of aromatic nitrogens is 1. The van der Waals surface area contributed by atoms with Gasteiger partial charge in [-0.25, -0.2) is 0 Å². The van der Waals surface area contributed by atoms with E-state index in [1.807, 2.05) is 19.1 Å². The summed E-state index contributed by atoms with van der Waals surface area (Å²) in [6.07, 6.45) is 1.26. The molecular weight excluding hydrogens is 270 g/mol. The van der Waals surface area contributed by atoms with Gasteiger partial charge in [-0.3, -0.25) is 14.6 Å². The van der Waals surface area contributed by atoms with Crippen LogP contribution in [0.15, 0.2) is 18.3 Å². The van der Waals surface area contributed by atoms with Gasteiger partial charge in [0.25, 0.3) is 0 Å². The van der Waals surface area contributed by atoms with E-state index in [0.717, 1.165) is 5.56 Å². The molecule has 0 spiro atoms. The Balaban J connectivity index is 2.93. The molecule has 0 amide bonds. The maximum Gasteiger partial charge on any atom is 0.320 e. The Morgan fingerprint density at radius 1 is 1.10 bits per heavy atom. The quantitative estimate of drug-likeness (QED) is 0.595. The van der Waals surface area contributed by atoms with Crippen molar-refractivity contribution in [3.05, 3.63) is 29.6 Å². The van der Waals surface area contributed by atoms with Crippen molar-refractivity contribution in [1.82, 2.24) is 4.98 Å². The fourth-order valence-electron chi connectivity index (χ4n) is 1.82. The van der Waals surface area contributed by atoms with E-state index in [1.54, 1.807) is 33.9 Å². The van der Waals surface area contributed by atoms with E-state index in [0.29, 0.717) is 5.69 Å². The molecule has 5 heteroatoms. The lowest BCUT2D eigenvalue weighted by atomic mass is 10.0. The minimum absolute atomic E-state index is 0.184. The lowest BCUT2D eigenvalue weighted by Crippen LogP contribution is -2.33. The molecule has 1 aromatic heterocycles. The molecule has 1 rings (SSSR count). The highest BCUT2D eigenvalue weighted by Gasteiger charge is 2.32. The zero-order valence-electron chi connectivity index (χ0n) is 13.3. The molecule has 0 fully saturated rings. The monoisotopic (exact) mass is 293 g/mol. The number of ether oxygens (including phenoxy) is 2. The molecule has 0 saturated carbocycles. The van der Waals surface area contributed by atoms with Crippen molar-refractivity contribution in [1.29, 1.82) is 0 Å². The number of pyridine rings is 1. The third-order valence-corrected chi connectivity index (χ3v) is 2.79. The van der Waals surface area contributed by atoms with Gasteiger partial charge in [0.1, 0.15) is 0 Å². The Bertz CT molecular complexity index is 475. The lowest BCUT2D eigenvalue weighted by molar-refractivity contribution is -0.166. The zero-order chi connectivity index (χ0) is 16.0. The molecule has 0 N–H and O–H groups in total. The summed E-state index contributed by atoms with van der Waals surface area (Å²) in [5.74, 6) is -2.12. The molecule has 0 aliphatic carbocycles. The topological polar surface area (TPSA) is 65.5 Å². The van der Waals surface area contributed by atoms with Crippen LogP contribution in [0.5, 0.6) is 0 Å². The highest BCUT2D eigenvalue weighted by molar-refractivity contribution is 5.95. The van der Waals surface area contributed by atoms with Gasteiger partial charge < -0.3 is 9.47 Å². The molecule has 1 aromatic rings. The molecule has 0 unspecified atom stereocenters. The van der Waals surface area contributed by atoms with Gasteiger partial charge in [-0.15, -0.1) is 0 Å². The fourth-order valence-corrected chi connectivity index (χ4v) is 1.82. The van der Waals surface area contributed by atoms with Crippen LogP contribution in [0.2, 0.25) is 0 Å². The highest BCUT2D eigenvalue weighted by atomic mass is 16.6. The van der Waals surface area contributed by atoms with E-state index in [4.69, 9.17) is 9.47 Å². The highest BCUT2D eigenvalue weighted by Crippen LogP contribution is 2.15. The molecule has 0 aliphatic rings. The summed E-state index contributed by atoms with van der Waals surface area (Å²) in [4.78, 5) is 28.5. The van der Waals surface area contributed by atoms with Crippen LogP contribution in [0.4, 0.5) is 0 Å². The first-order valence-corrected chi connectivity index (χ1v) is 7.12. The second kappa shape index (κ2) is 7.76. The average Bonchev–Trinajstić information content (AvgIpc) is 2.35. The van der Waals surface area contributed by atoms with Crippen molar-refractivity contribution in [3.63, 3.8) is 0 Å². The summed E-state index contributed by atoms with van der Waals surface area (Å²) in [6.45, 7) is 8.87. The normalized spacial score (nSPS) is 11.0. The molecule has 0 bridgehead atoms. The number of hydrogen-bond acceptors (Lipinski definition) is 5. The van der Waals surface area contributed by atoms with Crippen molar-refractivity contribution in [3.8, 4) is 0 Å². The van der Waals surface area contributed by atoms with Gasteiger partial charge in [-0.05, 0) is 46.2 Å². The van der Waals surface area contributed by atoms with Crippen LogP contribution < -0.4 is 0 Å². The Hall–Kier alpha value is -1.91. The third-order valence-electron chi connectivity index (χ3n) is 2.79. The summed E-state index contributed by atoms with van der Waals surface area (Å²) in [5, 5.41) is 0. The Morgan fingerprint density at radius 3 is 2.05 bits per heavy atom. The number of rotatable bonds is 6. The van der Waals surface area contributed by atoms with E-state index in [-0.39, 0.29) is 18.6 Å². The van der Waals surface area contributed by atoms with Gasteiger partial charge in [-0.2, -0.15) is 0 Å².